The van der Waals surface area contributed by atoms with Crippen LogP contribution in [0.1, 0.15) is 50.7 Å². The molecule has 0 saturated heterocycles. The van der Waals surface area contributed by atoms with Crippen LogP contribution in [0, 0.1) is 5.92 Å². The molecule has 3 nitrogen and oxygen atoms in total. The SMILES string of the molecule is COCCNC(=O)C(c1ccc(C(C)C)cc1)C(C)C. The number of amides is 1. The largest absolute Gasteiger partial charge is 0.383 e. The maximum atomic E-state index is 12.3. The van der Waals surface area contributed by atoms with Gasteiger partial charge in [-0.1, -0.05) is 52.0 Å². The quantitative estimate of drug-likeness (QED) is 0.776. The van der Waals surface area contributed by atoms with E-state index >= 15 is 0 Å². The molecule has 0 bridgehead atoms. The molecular weight excluding hydrogens is 250 g/mol. The highest BCUT2D eigenvalue weighted by molar-refractivity contribution is 5.83. The van der Waals surface area contributed by atoms with E-state index in [0.29, 0.717) is 19.1 Å². The molecule has 1 aromatic rings. The van der Waals surface area contributed by atoms with Crippen molar-refractivity contribution in [1.29, 1.82) is 0 Å². The van der Waals surface area contributed by atoms with Gasteiger partial charge >= 0.3 is 0 Å². The molecule has 1 amide bonds. The van der Waals surface area contributed by atoms with Crippen molar-refractivity contribution in [2.24, 2.45) is 5.92 Å². The summed E-state index contributed by atoms with van der Waals surface area (Å²) in [4.78, 5) is 12.3. The molecule has 1 aromatic carbocycles. The topological polar surface area (TPSA) is 38.3 Å². The maximum absolute atomic E-state index is 12.3. The van der Waals surface area contributed by atoms with Gasteiger partial charge in [0.05, 0.1) is 12.5 Å². The van der Waals surface area contributed by atoms with Crippen LogP contribution in [0.5, 0.6) is 0 Å². The van der Waals surface area contributed by atoms with Crippen molar-refractivity contribution in [1.82, 2.24) is 5.32 Å². The number of carbonyl (C=O) groups is 1. The smallest absolute Gasteiger partial charge is 0.227 e. The molecule has 0 heterocycles. The van der Waals surface area contributed by atoms with Crippen LogP contribution in [-0.4, -0.2) is 26.2 Å². The van der Waals surface area contributed by atoms with E-state index in [1.54, 1.807) is 7.11 Å². The molecule has 0 aliphatic heterocycles. The van der Waals surface area contributed by atoms with Crippen molar-refractivity contribution in [2.45, 2.75) is 39.5 Å². The monoisotopic (exact) mass is 277 g/mol. The first-order valence-electron chi connectivity index (χ1n) is 7.33. The third kappa shape index (κ3) is 4.64. The van der Waals surface area contributed by atoms with Gasteiger partial charge in [-0.15, -0.1) is 0 Å². The zero-order valence-corrected chi connectivity index (χ0v) is 13.3. The summed E-state index contributed by atoms with van der Waals surface area (Å²) >= 11 is 0. The lowest BCUT2D eigenvalue weighted by atomic mass is 9.86. The van der Waals surface area contributed by atoms with Crippen molar-refractivity contribution in [3.8, 4) is 0 Å². The Morgan fingerprint density at radius 3 is 2.10 bits per heavy atom. The van der Waals surface area contributed by atoms with Crippen molar-refractivity contribution in [3.05, 3.63) is 35.4 Å². The zero-order chi connectivity index (χ0) is 15.1. The van der Waals surface area contributed by atoms with Crippen LogP contribution in [0.3, 0.4) is 0 Å². The average molecular weight is 277 g/mol. The normalized spacial score (nSPS) is 12.8. The highest BCUT2D eigenvalue weighted by Crippen LogP contribution is 2.26. The highest BCUT2D eigenvalue weighted by Gasteiger charge is 2.23. The number of ether oxygens (including phenoxy) is 1. The van der Waals surface area contributed by atoms with E-state index in [1.807, 2.05) is 0 Å². The number of rotatable bonds is 7. The maximum Gasteiger partial charge on any atom is 0.227 e. The lowest BCUT2D eigenvalue weighted by molar-refractivity contribution is -0.123. The van der Waals surface area contributed by atoms with E-state index in [4.69, 9.17) is 4.74 Å². The Morgan fingerprint density at radius 1 is 1.10 bits per heavy atom. The van der Waals surface area contributed by atoms with E-state index in [1.165, 1.54) is 5.56 Å². The number of carbonyl (C=O) groups excluding carboxylic acids is 1. The highest BCUT2D eigenvalue weighted by atomic mass is 16.5. The second kappa shape index (κ2) is 8.05. The molecule has 0 aliphatic rings. The van der Waals surface area contributed by atoms with Crippen molar-refractivity contribution in [2.75, 3.05) is 20.3 Å². The van der Waals surface area contributed by atoms with Gasteiger partial charge in [0.2, 0.25) is 5.91 Å². The van der Waals surface area contributed by atoms with Crippen molar-refractivity contribution in [3.63, 3.8) is 0 Å². The third-order valence-corrected chi connectivity index (χ3v) is 3.52. The second-order valence-electron chi connectivity index (χ2n) is 5.83. The van der Waals surface area contributed by atoms with Crippen LogP contribution in [0.2, 0.25) is 0 Å². The first kappa shape index (κ1) is 16.7. The molecule has 3 heteroatoms. The van der Waals surface area contributed by atoms with Crippen LogP contribution < -0.4 is 5.32 Å². The van der Waals surface area contributed by atoms with E-state index in [2.05, 4.69) is 57.3 Å². The molecule has 20 heavy (non-hydrogen) atoms. The number of nitrogens with one attached hydrogen (secondary N) is 1. The Bertz CT molecular complexity index is 410. The minimum atomic E-state index is -0.104. The molecule has 0 spiro atoms. The summed E-state index contributed by atoms with van der Waals surface area (Å²) in [5.41, 5.74) is 2.38. The fraction of sp³-hybridized carbons (Fsp3) is 0.588. The minimum absolute atomic E-state index is 0.0781. The molecule has 1 unspecified atom stereocenters. The summed E-state index contributed by atoms with van der Waals surface area (Å²) in [5, 5.41) is 2.94. The summed E-state index contributed by atoms with van der Waals surface area (Å²) in [6.45, 7) is 9.61. The predicted molar refractivity (Wildman–Crippen MR) is 83.0 cm³/mol. The van der Waals surface area contributed by atoms with Gasteiger partial charge in [0.25, 0.3) is 0 Å². The van der Waals surface area contributed by atoms with Gasteiger partial charge < -0.3 is 10.1 Å². The fourth-order valence-corrected chi connectivity index (χ4v) is 2.31. The van der Waals surface area contributed by atoms with Crippen molar-refractivity contribution < 1.29 is 9.53 Å². The Labute approximate surface area is 122 Å². The van der Waals surface area contributed by atoms with E-state index in [0.717, 1.165) is 5.56 Å². The summed E-state index contributed by atoms with van der Waals surface area (Å²) < 4.78 is 4.97. The molecular formula is C17H27NO2. The molecule has 1 atom stereocenters. The van der Waals surface area contributed by atoms with Crippen LogP contribution in [0.25, 0.3) is 0 Å². The predicted octanol–water partition coefficient (Wildman–Crippen LogP) is 3.31. The Morgan fingerprint density at radius 2 is 1.65 bits per heavy atom. The summed E-state index contributed by atoms with van der Waals surface area (Å²) in [6, 6.07) is 8.40. The standard InChI is InChI=1S/C17H27NO2/c1-12(2)14-6-8-15(9-7-14)16(13(3)4)17(19)18-10-11-20-5/h6-9,12-13,16H,10-11H2,1-5H3,(H,18,19). The van der Waals surface area contributed by atoms with Gasteiger partial charge in [0.15, 0.2) is 0 Å². The van der Waals surface area contributed by atoms with Crippen LogP contribution in [-0.2, 0) is 9.53 Å². The summed E-state index contributed by atoms with van der Waals surface area (Å²) in [6.07, 6.45) is 0. The van der Waals surface area contributed by atoms with Crippen molar-refractivity contribution >= 4 is 5.91 Å². The fourth-order valence-electron chi connectivity index (χ4n) is 2.31. The van der Waals surface area contributed by atoms with Gasteiger partial charge in [-0.05, 0) is 23.0 Å². The Kier molecular flexibility index (Phi) is 6.73. The Hall–Kier alpha value is -1.35. The molecule has 0 fully saturated rings. The lowest BCUT2D eigenvalue weighted by Crippen LogP contribution is -2.34. The minimum Gasteiger partial charge on any atom is -0.383 e. The van der Waals surface area contributed by atoms with Gasteiger partial charge in [0.1, 0.15) is 0 Å². The third-order valence-electron chi connectivity index (χ3n) is 3.52. The molecule has 0 saturated carbocycles. The first-order valence-corrected chi connectivity index (χ1v) is 7.33. The van der Waals surface area contributed by atoms with Gasteiger partial charge in [-0.2, -0.15) is 0 Å². The van der Waals surface area contributed by atoms with Crippen LogP contribution in [0.4, 0.5) is 0 Å². The van der Waals surface area contributed by atoms with Gasteiger partial charge in [-0.25, -0.2) is 0 Å². The summed E-state index contributed by atoms with van der Waals surface area (Å²) in [7, 11) is 1.64. The lowest BCUT2D eigenvalue weighted by Gasteiger charge is -2.21. The van der Waals surface area contributed by atoms with E-state index < -0.39 is 0 Å². The van der Waals surface area contributed by atoms with E-state index in [9.17, 15) is 4.79 Å². The van der Waals surface area contributed by atoms with Gasteiger partial charge in [0, 0.05) is 13.7 Å². The molecule has 1 rings (SSSR count). The molecule has 0 aliphatic carbocycles. The number of hydrogen-bond acceptors (Lipinski definition) is 2. The molecule has 1 N–H and O–H groups in total. The number of methoxy groups -OCH3 is 1. The van der Waals surface area contributed by atoms with Crippen LogP contribution in [0.15, 0.2) is 24.3 Å². The second-order valence-corrected chi connectivity index (χ2v) is 5.83. The van der Waals surface area contributed by atoms with Crippen LogP contribution >= 0.6 is 0 Å². The Balaban J connectivity index is 2.82. The van der Waals surface area contributed by atoms with Gasteiger partial charge in [-0.3, -0.25) is 4.79 Å². The van der Waals surface area contributed by atoms with E-state index in [-0.39, 0.29) is 17.7 Å². The molecule has 0 radical (unpaired) electrons. The number of hydrogen-bond donors (Lipinski definition) is 1. The average Bonchev–Trinajstić information content (AvgIpc) is 2.39. The molecule has 0 aromatic heterocycles. The first-order chi connectivity index (χ1) is 9.47. The summed E-state index contributed by atoms with van der Waals surface area (Å²) in [5.74, 6) is 0.752. The number of benzene rings is 1. The zero-order valence-electron chi connectivity index (χ0n) is 13.3. The molecule has 112 valence electrons.